The highest BCUT2D eigenvalue weighted by atomic mass is 32.1. The van der Waals surface area contributed by atoms with Gasteiger partial charge in [-0.25, -0.2) is 9.18 Å². The van der Waals surface area contributed by atoms with Crippen LogP contribution in [0.25, 0.3) is 11.4 Å². The Balaban J connectivity index is 1.22. The fraction of sp³-hybridized carbons (Fsp3) is 0.300. The third kappa shape index (κ3) is 4.82. The van der Waals surface area contributed by atoms with E-state index in [4.69, 9.17) is 4.52 Å². The molecular weight excluding hydrogens is 409 g/mol. The minimum absolute atomic E-state index is 0.0103. The number of amides is 3. The second kappa shape index (κ2) is 9.04. The lowest BCUT2D eigenvalue weighted by molar-refractivity contribution is -0.132. The number of piperazine rings is 1. The van der Waals surface area contributed by atoms with Crippen molar-refractivity contribution in [1.82, 2.24) is 19.9 Å². The third-order valence-electron chi connectivity index (χ3n) is 4.82. The Bertz CT molecular complexity index is 998. The first-order valence-corrected chi connectivity index (χ1v) is 10.5. The molecule has 1 aromatic carbocycles. The molecule has 156 valence electrons. The van der Waals surface area contributed by atoms with E-state index in [1.807, 2.05) is 16.8 Å². The predicted octanol–water partition coefficient (Wildman–Crippen LogP) is 3.25. The fourth-order valence-electron chi connectivity index (χ4n) is 3.13. The molecule has 1 aliphatic rings. The van der Waals surface area contributed by atoms with Gasteiger partial charge < -0.3 is 19.6 Å². The molecule has 1 aliphatic heterocycles. The van der Waals surface area contributed by atoms with Crippen LogP contribution in [0.3, 0.4) is 0 Å². The minimum Gasteiger partial charge on any atom is -0.339 e. The van der Waals surface area contributed by atoms with E-state index in [9.17, 15) is 14.0 Å². The number of hydrogen-bond donors (Lipinski definition) is 1. The standard InChI is InChI=1S/C20H20FN5O3S/c21-15-1-3-16(4-2-15)22-20(28)26-10-8-25(9-11-26)18(27)6-5-17-23-19(24-29-17)14-7-12-30-13-14/h1-4,7,12-13H,5-6,8-11H2,(H,22,28). The predicted molar refractivity (Wildman–Crippen MR) is 110 cm³/mol. The van der Waals surface area contributed by atoms with Crippen molar-refractivity contribution >= 4 is 29.0 Å². The van der Waals surface area contributed by atoms with Crippen LogP contribution in [0.1, 0.15) is 12.3 Å². The molecule has 0 aliphatic carbocycles. The minimum atomic E-state index is -0.358. The van der Waals surface area contributed by atoms with E-state index in [-0.39, 0.29) is 24.2 Å². The van der Waals surface area contributed by atoms with Crippen LogP contribution < -0.4 is 5.32 Å². The SMILES string of the molecule is O=C(CCc1nc(-c2ccsc2)no1)N1CCN(C(=O)Nc2ccc(F)cc2)CC1. The Morgan fingerprint density at radius 2 is 1.83 bits per heavy atom. The van der Waals surface area contributed by atoms with Gasteiger partial charge in [-0.1, -0.05) is 5.16 Å². The molecule has 0 atom stereocenters. The lowest BCUT2D eigenvalue weighted by Gasteiger charge is -2.34. The van der Waals surface area contributed by atoms with Gasteiger partial charge in [0.05, 0.1) is 0 Å². The van der Waals surface area contributed by atoms with Gasteiger partial charge in [0.2, 0.25) is 17.6 Å². The number of benzene rings is 1. The Morgan fingerprint density at radius 1 is 1.10 bits per heavy atom. The second-order valence-corrected chi connectivity index (χ2v) is 7.61. The van der Waals surface area contributed by atoms with Crippen molar-refractivity contribution in [1.29, 1.82) is 0 Å². The lowest BCUT2D eigenvalue weighted by Crippen LogP contribution is -2.51. The topological polar surface area (TPSA) is 91.6 Å². The molecule has 1 N–H and O–H groups in total. The van der Waals surface area contributed by atoms with Gasteiger partial charge >= 0.3 is 6.03 Å². The average Bonchev–Trinajstić information content (AvgIpc) is 3.45. The number of aromatic nitrogens is 2. The smallest absolute Gasteiger partial charge is 0.321 e. The van der Waals surface area contributed by atoms with E-state index in [2.05, 4.69) is 15.5 Å². The third-order valence-corrected chi connectivity index (χ3v) is 5.50. The zero-order valence-corrected chi connectivity index (χ0v) is 16.9. The van der Waals surface area contributed by atoms with Crippen LogP contribution in [0.5, 0.6) is 0 Å². The van der Waals surface area contributed by atoms with Crippen LogP contribution in [0.2, 0.25) is 0 Å². The van der Waals surface area contributed by atoms with Crippen LogP contribution in [0.4, 0.5) is 14.9 Å². The number of halogens is 1. The van der Waals surface area contributed by atoms with E-state index < -0.39 is 0 Å². The molecule has 0 radical (unpaired) electrons. The highest BCUT2D eigenvalue weighted by molar-refractivity contribution is 7.08. The summed E-state index contributed by atoms with van der Waals surface area (Å²) in [4.78, 5) is 32.5. The van der Waals surface area contributed by atoms with Gasteiger partial charge in [0.25, 0.3) is 0 Å². The van der Waals surface area contributed by atoms with Crippen molar-refractivity contribution in [2.45, 2.75) is 12.8 Å². The highest BCUT2D eigenvalue weighted by Gasteiger charge is 2.24. The molecule has 1 saturated heterocycles. The fourth-order valence-corrected chi connectivity index (χ4v) is 3.77. The second-order valence-electron chi connectivity index (χ2n) is 6.83. The van der Waals surface area contributed by atoms with E-state index in [1.54, 1.807) is 21.1 Å². The number of rotatable bonds is 5. The Hall–Kier alpha value is -3.27. The van der Waals surface area contributed by atoms with Crippen LogP contribution in [0.15, 0.2) is 45.6 Å². The maximum Gasteiger partial charge on any atom is 0.321 e. The molecule has 10 heteroatoms. The van der Waals surface area contributed by atoms with E-state index in [1.165, 1.54) is 24.3 Å². The molecule has 4 rings (SSSR count). The van der Waals surface area contributed by atoms with E-state index >= 15 is 0 Å². The van der Waals surface area contributed by atoms with Gasteiger partial charge in [-0.15, -0.1) is 0 Å². The number of carbonyl (C=O) groups is 2. The van der Waals surface area contributed by atoms with E-state index in [0.29, 0.717) is 50.0 Å². The first-order chi connectivity index (χ1) is 14.6. The van der Waals surface area contributed by atoms with Gasteiger partial charge in [-0.2, -0.15) is 16.3 Å². The Kier molecular flexibility index (Phi) is 6.03. The zero-order valence-electron chi connectivity index (χ0n) is 16.1. The Morgan fingerprint density at radius 3 is 2.53 bits per heavy atom. The molecular formula is C20H20FN5O3S. The number of anilines is 1. The summed E-state index contributed by atoms with van der Waals surface area (Å²) < 4.78 is 18.2. The van der Waals surface area contributed by atoms with Crippen LogP contribution >= 0.6 is 11.3 Å². The summed E-state index contributed by atoms with van der Waals surface area (Å²) in [6.45, 7) is 1.78. The highest BCUT2D eigenvalue weighted by Crippen LogP contribution is 2.19. The summed E-state index contributed by atoms with van der Waals surface area (Å²) >= 11 is 1.55. The maximum absolute atomic E-state index is 13.0. The zero-order chi connectivity index (χ0) is 20.9. The molecule has 3 aromatic rings. The van der Waals surface area contributed by atoms with Crippen molar-refractivity contribution < 1.29 is 18.5 Å². The molecule has 0 unspecified atom stereocenters. The summed E-state index contributed by atoms with van der Waals surface area (Å²) in [5.41, 5.74) is 1.43. The Labute approximate surface area is 176 Å². The number of urea groups is 1. The quantitative estimate of drug-likeness (QED) is 0.672. The largest absolute Gasteiger partial charge is 0.339 e. The van der Waals surface area contributed by atoms with Crippen molar-refractivity contribution in [3.63, 3.8) is 0 Å². The summed E-state index contributed by atoms with van der Waals surface area (Å²) in [7, 11) is 0. The number of hydrogen-bond acceptors (Lipinski definition) is 6. The van der Waals surface area contributed by atoms with Gasteiger partial charge in [-0.3, -0.25) is 4.79 Å². The lowest BCUT2D eigenvalue weighted by atomic mass is 10.2. The van der Waals surface area contributed by atoms with Crippen molar-refractivity contribution in [2.24, 2.45) is 0 Å². The van der Waals surface area contributed by atoms with Gasteiger partial charge in [0.1, 0.15) is 5.82 Å². The normalized spacial score (nSPS) is 14.0. The number of aryl methyl sites for hydroxylation is 1. The monoisotopic (exact) mass is 429 g/mol. The number of carbonyl (C=O) groups excluding carboxylic acids is 2. The molecule has 0 saturated carbocycles. The number of nitrogens with one attached hydrogen (secondary N) is 1. The average molecular weight is 429 g/mol. The number of thiophene rings is 1. The van der Waals surface area contributed by atoms with Crippen molar-refractivity contribution in [2.75, 3.05) is 31.5 Å². The van der Waals surface area contributed by atoms with Crippen LogP contribution in [0, 0.1) is 5.82 Å². The summed E-state index contributed by atoms with van der Waals surface area (Å²) in [6.07, 6.45) is 0.647. The molecule has 8 nitrogen and oxygen atoms in total. The first kappa shape index (κ1) is 20.0. The number of nitrogens with zero attached hydrogens (tertiary/aromatic N) is 4. The van der Waals surface area contributed by atoms with Gasteiger partial charge in [0.15, 0.2) is 0 Å². The van der Waals surface area contributed by atoms with Crippen molar-refractivity contribution in [3.8, 4) is 11.4 Å². The maximum atomic E-state index is 13.0. The van der Waals surface area contributed by atoms with Gasteiger partial charge in [-0.05, 0) is 35.7 Å². The molecule has 1 fully saturated rings. The summed E-state index contributed by atoms with van der Waals surface area (Å²) in [5.74, 6) is 0.591. The van der Waals surface area contributed by atoms with Crippen LogP contribution in [-0.4, -0.2) is 58.1 Å². The molecule has 3 heterocycles. The van der Waals surface area contributed by atoms with Gasteiger partial charge in [0, 0.05) is 55.7 Å². The summed E-state index contributed by atoms with van der Waals surface area (Å²) in [6, 6.07) is 7.25. The summed E-state index contributed by atoms with van der Waals surface area (Å²) in [5, 5.41) is 10.5. The van der Waals surface area contributed by atoms with E-state index in [0.717, 1.165) is 5.56 Å². The molecule has 30 heavy (non-hydrogen) atoms. The first-order valence-electron chi connectivity index (χ1n) is 9.53. The molecule has 0 spiro atoms. The molecule has 0 bridgehead atoms. The molecule has 2 aromatic heterocycles. The molecule has 3 amide bonds. The van der Waals surface area contributed by atoms with Crippen LogP contribution in [-0.2, 0) is 11.2 Å². The van der Waals surface area contributed by atoms with Crippen molar-refractivity contribution in [3.05, 3.63) is 52.8 Å².